The lowest BCUT2D eigenvalue weighted by Gasteiger charge is -2.12. The molecule has 1 aliphatic rings. The second-order valence-corrected chi connectivity index (χ2v) is 3.64. The Bertz CT molecular complexity index is 261. The zero-order valence-corrected chi connectivity index (χ0v) is 8.12. The van der Waals surface area contributed by atoms with Gasteiger partial charge in [-0.1, -0.05) is 0 Å². The Kier molecular flexibility index (Phi) is 2.06. The summed E-state index contributed by atoms with van der Waals surface area (Å²) in [5.41, 5.74) is 5.69. The number of nitrogen functional groups attached to an aromatic ring is 1. The van der Waals surface area contributed by atoms with E-state index in [-0.39, 0.29) is 0 Å². The number of imidazole rings is 1. The number of aromatic nitrogens is 2. The molecule has 1 fully saturated rings. The van der Waals surface area contributed by atoms with Crippen LogP contribution in [0.5, 0.6) is 0 Å². The average molecular weight is 232 g/mol. The maximum atomic E-state index is 5.69. The van der Waals surface area contributed by atoms with Crippen LogP contribution in [0.2, 0.25) is 0 Å². The van der Waals surface area contributed by atoms with Crippen LogP contribution in [0.3, 0.4) is 0 Å². The SMILES string of the molecule is Nc1ncc(Br)n1C1CCOC1. The zero-order chi connectivity index (χ0) is 8.55. The third kappa shape index (κ3) is 1.23. The van der Waals surface area contributed by atoms with Crippen molar-refractivity contribution in [2.75, 3.05) is 18.9 Å². The van der Waals surface area contributed by atoms with Crippen LogP contribution in [0, 0.1) is 0 Å². The molecule has 66 valence electrons. The van der Waals surface area contributed by atoms with Crippen LogP contribution in [-0.4, -0.2) is 22.8 Å². The zero-order valence-electron chi connectivity index (χ0n) is 6.53. The number of hydrogen-bond acceptors (Lipinski definition) is 3. The lowest BCUT2D eigenvalue weighted by Crippen LogP contribution is -2.11. The van der Waals surface area contributed by atoms with Crippen molar-refractivity contribution in [3.63, 3.8) is 0 Å². The van der Waals surface area contributed by atoms with Crippen LogP contribution in [0.15, 0.2) is 10.8 Å². The van der Waals surface area contributed by atoms with Crippen LogP contribution >= 0.6 is 15.9 Å². The lowest BCUT2D eigenvalue weighted by atomic mass is 10.2. The molecule has 0 aliphatic carbocycles. The van der Waals surface area contributed by atoms with Gasteiger partial charge in [0.1, 0.15) is 4.60 Å². The van der Waals surface area contributed by atoms with Crippen molar-refractivity contribution in [3.8, 4) is 0 Å². The molecule has 5 heteroatoms. The van der Waals surface area contributed by atoms with Gasteiger partial charge in [0, 0.05) is 6.61 Å². The third-order valence-corrected chi connectivity index (χ3v) is 2.64. The summed E-state index contributed by atoms with van der Waals surface area (Å²) >= 11 is 3.39. The molecule has 0 saturated carbocycles. The molecule has 0 aromatic carbocycles. The molecule has 1 aromatic rings. The van der Waals surface area contributed by atoms with E-state index in [4.69, 9.17) is 10.5 Å². The van der Waals surface area contributed by atoms with Gasteiger partial charge in [0.05, 0.1) is 18.8 Å². The van der Waals surface area contributed by atoms with E-state index < -0.39 is 0 Å². The topological polar surface area (TPSA) is 53.1 Å². The molecule has 0 bridgehead atoms. The molecule has 2 heterocycles. The largest absolute Gasteiger partial charge is 0.379 e. The molecule has 0 amide bonds. The fraction of sp³-hybridized carbons (Fsp3) is 0.571. The van der Waals surface area contributed by atoms with Crippen molar-refractivity contribution in [1.82, 2.24) is 9.55 Å². The van der Waals surface area contributed by atoms with E-state index in [9.17, 15) is 0 Å². The molecule has 2 N–H and O–H groups in total. The molecule has 1 aromatic heterocycles. The minimum Gasteiger partial charge on any atom is -0.379 e. The summed E-state index contributed by atoms with van der Waals surface area (Å²) in [5.74, 6) is 0.553. The number of ether oxygens (including phenoxy) is 1. The highest BCUT2D eigenvalue weighted by atomic mass is 79.9. The molecule has 12 heavy (non-hydrogen) atoms. The minimum atomic E-state index is 0.349. The van der Waals surface area contributed by atoms with Gasteiger partial charge in [-0.2, -0.15) is 0 Å². The van der Waals surface area contributed by atoms with Gasteiger partial charge in [-0.3, -0.25) is 4.57 Å². The molecule has 1 aliphatic heterocycles. The number of rotatable bonds is 1. The normalized spacial score (nSPS) is 23.2. The standard InChI is InChI=1S/C7H10BrN3O/c8-6-3-10-7(9)11(6)5-1-2-12-4-5/h3,5H,1-2,4H2,(H2,9,10). The van der Waals surface area contributed by atoms with E-state index in [0.717, 1.165) is 24.2 Å². The average Bonchev–Trinajstić information content (AvgIpc) is 2.61. The molecule has 2 rings (SSSR count). The Hall–Kier alpha value is -0.550. The highest BCUT2D eigenvalue weighted by Gasteiger charge is 2.21. The number of nitrogens with two attached hydrogens (primary N) is 1. The Balaban J connectivity index is 2.30. The van der Waals surface area contributed by atoms with Crippen LogP contribution in [-0.2, 0) is 4.74 Å². The summed E-state index contributed by atoms with van der Waals surface area (Å²) < 4.78 is 8.16. The van der Waals surface area contributed by atoms with E-state index in [1.807, 2.05) is 4.57 Å². The van der Waals surface area contributed by atoms with Crippen molar-refractivity contribution in [2.24, 2.45) is 0 Å². The molecule has 0 radical (unpaired) electrons. The Labute approximate surface area is 78.8 Å². The quantitative estimate of drug-likeness (QED) is 0.791. The Morgan fingerprint density at radius 1 is 1.75 bits per heavy atom. The first kappa shape index (κ1) is 8.07. The first-order valence-electron chi connectivity index (χ1n) is 3.85. The Morgan fingerprint density at radius 2 is 2.58 bits per heavy atom. The van der Waals surface area contributed by atoms with Crippen molar-refractivity contribution in [2.45, 2.75) is 12.5 Å². The molecule has 0 spiro atoms. The second-order valence-electron chi connectivity index (χ2n) is 2.83. The van der Waals surface area contributed by atoms with Gasteiger partial charge in [0.25, 0.3) is 0 Å². The first-order valence-corrected chi connectivity index (χ1v) is 4.64. The van der Waals surface area contributed by atoms with Crippen LogP contribution < -0.4 is 5.73 Å². The highest BCUT2D eigenvalue weighted by molar-refractivity contribution is 9.10. The Morgan fingerprint density at radius 3 is 3.08 bits per heavy atom. The lowest BCUT2D eigenvalue weighted by molar-refractivity contribution is 0.186. The monoisotopic (exact) mass is 231 g/mol. The van der Waals surface area contributed by atoms with Crippen LogP contribution in [0.4, 0.5) is 5.95 Å². The van der Waals surface area contributed by atoms with Gasteiger partial charge in [0.2, 0.25) is 5.95 Å². The van der Waals surface area contributed by atoms with Gasteiger partial charge < -0.3 is 10.5 Å². The molecule has 1 unspecified atom stereocenters. The van der Waals surface area contributed by atoms with E-state index in [1.54, 1.807) is 6.20 Å². The van der Waals surface area contributed by atoms with Crippen molar-refractivity contribution < 1.29 is 4.74 Å². The highest BCUT2D eigenvalue weighted by Crippen LogP contribution is 2.26. The predicted molar refractivity (Wildman–Crippen MR) is 48.8 cm³/mol. The van der Waals surface area contributed by atoms with Gasteiger partial charge >= 0.3 is 0 Å². The van der Waals surface area contributed by atoms with Gasteiger partial charge in [-0.25, -0.2) is 4.98 Å². The third-order valence-electron chi connectivity index (χ3n) is 2.05. The summed E-state index contributed by atoms with van der Waals surface area (Å²) in [6.07, 6.45) is 2.73. The molecule has 4 nitrogen and oxygen atoms in total. The summed E-state index contributed by atoms with van der Waals surface area (Å²) in [6.45, 7) is 1.55. The predicted octanol–water partition coefficient (Wildman–Crippen LogP) is 1.19. The number of halogens is 1. The van der Waals surface area contributed by atoms with Gasteiger partial charge in [0.15, 0.2) is 0 Å². The van der Waals surface area contributed by atoms with E-state index in [1.165, 1.54) is 0 Å². The van der Waals surface area contributed by atoms with Crippen molar-refractivity contribution in [1.29, 1.82) is 0 Å². The molecule has 1 atom stereocenters. The summed E-state index contributed by atoms with van der Waals surface area (Å²) in [7, 11) is 0. The molecular formula is C7H10BrN3O. The maximum absolute atomic E-state index is 5.69. The van der Waals surface area contributed by atoms with Crippen molar-refractivity contribution >= 4 is 21.9 Å². The summed E-state index contributed by atoms with van der Waals surface area (Å²) in [6, 6.07) is 0.349. The number of hydrogen-bond donors (Lipinski definition) is 1. The fourth-order valence-corrected chi connectivity index (χ4v) is 2.01. The van der Waals surface area contributed by atoms with Crippen molar-refractivity contribution in [3.05, 3.63) is 10.8 Å². The fourth-order valence-electron chi connectivity index (χ4n) is 1.44. The molecule has 1 saturated heterocycles. The van der Waals surface area contributed by atoms with E-state index in [0.29, 0.717) is 12.0 Å². The van der Waals surface area contributed by atoms with Crippen LogP contribution in [0.25, 0.3) is 0 Å². The first-order chi connectivity index (χ1) is 5.79. The smallest absolute Gasteiger partial charge is 0.201 e. The number of nitrogens with zero attached hydrogens (tertiary/aromatic N) is 2. The van der Waals surface area contributed by atoms with E-state index >= 15 is 0 Å². The summed E-state index contributed by atoms with van der Waals surface area (Å²) in [4.78, 5) is 4.00. The van der Waals surface area contributed by atoms with Crippen LogP contribution in [0.1, 0.15) is 12.5 Å². The summed E-state index contributed by atoms with van der Waals surface area (Å²) in [5, 5.41) is 0. The van der Waals surface area contributed by atoms with Gasteiger partial charge in [-0.15, -0.1) is 0 Å². The maximum Gasteiger partial charge on any atom is 0.201 e. The molecular weight excluding hydrogens is 222 g/mol. The second kappa shape index (κ2) is 3.06. The van der Waals surface area contributed by atoms with Gasteiger partial charge in [-0.05, 0) is 22.4 Å². The van der Waals surface area contributed by atoms with E-state index in [2.05, 4.69) is 20.9 Å². The minimum absolute atomic E-state index is 0.349. The number of anilines is 1.